The van der Waals surface area contributed by atoms with Crippen LogP contribution in [0.3, 0.4) is 0 Å². The molecule has 0 aliphatic rings. The highest BCUT2D eigenvalue weighted by Gasteiger charge is 2.05. The number of aryl methyl sites for hydroxylation is 1. The van der Waals surface area contributed by atoms with E-state index in [9.17, 15) is 0 Å². The Labute approximate surface area is 124 Å². The summed E-state index contributed by atoms with van der Waals surface area (Å²) in [7, 11) is 1.66. The molecular weight excluding hydrogens is 268 g/mol. The number of benzene rings is 2. The fourth-order valence-corrected chi connectivity index (χ4v) is 2.13. The standard InChI is InChI=1S/C16H18N2OS/c1-11-3-8-15(14(9-11)16(17)20)18-10-12-4-6-13(19-2)7-5-12/h3-9,18H,10H2,1-2H3,(H2,17,20). The van der Waals surface area contributed by atoms with Crippen LogP contribution in [0.4, 0.5) is 5.69 Å². The predicted octanol–water partition coefficient (Wildman–Crippen LogP) is 3.25. The lowest BCUT2D eigenvalue weighted by molar-refractivity contribution is 0.414. The van der Waals surface area contributed by atoms with Crippen LogP contribution in [0.15, 0.2) is 42.5 Å². The van der Waals surface area contributed by atoms with Gasteiger partial charge in [0.2, 0.25) is 0 Å². The van der Waals surface area contributed by atoms with E-state index in [4.69, 9.17) is 22.7 Å². The van der Waals surface area contributed by atoms with Crippen molar-refractivity contribution in [2.75, 3.05) is 12.4 Å². The Morgan fingerprint density at radius 1 is 1.20 bits per heavy atom. The minimum absolute atomic E-state index is 0.408. The molecule has 3 nitrogen and oxygen atoms in total. The summed E-state index contributed by atoms with van der Waals surface area (Å²) in [6.45, 7) is 2.73. The predicted molar refractivity (Wildman–Crippen MR) is 87.4 cm³/mol. The number of nitrogens with one attached hydrogen (secondary N) is 1. The molecule has 104 valence electrons. The van der Waals surface area contributed by atoms with Crippen molar-refractivity contribution in [2.45, 2.75) is 13.5 Å². The van der Waals surface area contributed by atoms with Crippen LogP contribution in [0.25, 0.3) is 0 Å². The average molecular weight is 286 g/mol. The van der Waals surface area contributed by atoms with Crippen molar-refractivity contribution in [2.24, 2.45) is 5.73 Å². The van der Waals surface area contributed by atoms with Crippen LogP contribution in [-0.2, 0) is 6.54 Å². The van der Waals surface area contributed by atoms with E-state index in [0.717, 1.165) is 22.6 Å². The van der Waals surface area contributed by atoms with Crippen molar-refractivity contribution in [1.82, 2.24) is 0 Å². The average Bonchev–Trinajstić information content (AvgIpc) is 2.46. The molecule has 2 rings (SSSR count). The van der Waals surface area contributed by atoms with Crippen LogP contribution in [0.2, 0.25) is 0 Å². The number of hydrogen-bond donors (Lipinski definition) is 2. The third kappa shape index (κ3) is 3.48. The minimum atomic E-state index is 0.408. The second-order valence-electron chi connectivity index (χ2n) is 4.61. The number of hydrogen-bond acceptors (Lipinski definition) is 3. The normalized spacial score (nSPS) is 10.1. The quantitative estimate of drug-likeness (QED) is 0.828. The summed E-state index contributed by atoms with van der Waals surface area (Å²) in [6.07, 6.45) is 0. The molecule has 0 radical (unpaired) electrons. The molecule has 0 atom stereocenters. The second kappa shape index (κ2) is 6.39. The Bertz CT molecular complexity index is 608. The molecule has 0 aliphatic heterocycles. The second-order valence-corrected chi connectivity index (χ2v) is 5.05. The van der Waals surface area contributed by atoms with E-state index in [1.807, 2.05) is 49.4 Å². The first-order chi connectivity index (χ1) is 9.60. The molecule has 0 spiro atoms. The van der Waals surface area contributed by atoms with Gasteiger partial charge in [-0.1, -0.05) is 36.0 Å². The molecule has 0 heterocycles. The number of ether oxygens (including phenoxy) is 1. The fourth-order valence-electron chi connectivity index (χ4n) is 1.96. The smallest absolute Gasteiger partial charge is 0.118 e. The molecule has 0 saturated heterocycles. The van der Waals surface area contributed by atoms with Gasteiger partial charge in [-0.25, -0.2) is 0 Å². The molecule has 3 N–H and O–H groups in total. The van der Waals surface area contributed by atoms with Crippen LogP contribution in [0.5, 0.6) is 5.75 Å². The lowest BCUT2D eigenvalue weighted by Gasteiger charge is -2.12. The molecule has 0 saturated carbocycles. The molecule has 0 amide bonds. The van der Waals surface area contributed by atoms with Crippen molar-refractivity contribution < 1.29 is 4.74 Å². The van der Waals surface area contributed by atoms with Crippen LogP contribution in [-0.4, -0.2) is 12.1 Å². The zero-order valence-corrected chi connectivity index (χ0v) is 12.5. The largest absolute Gasteiger partial charge is 0.497 e. The van der Waals surface area contributed by atoms with Gasteiger partial charge >= 0.3 is 0 Å². The van der Waals surface area contributed by atoms with E-state index in [1.54, 1.807) is 7.11 Å². The molecule has 2 aromatic rings. The summed E-state index contributed by atoms with van der Waals surface area (Å²) in [6, 6.07) is 14.0. The van der Waals surface area contributed by atoms with E-state index in [1.165, 1.54) is 5.56 Å². The SMILES string of the molecule is COc1ccc(CNc2ccc(C)cc2C(N)=S)cc1. The summed E-state index contributed by atoms with van der Waals surface area (Å²) in [5.41, 5.74) is 9.91. The topological polar surface area (TPSA) is 47.3 Å². The Morgan fingerprint density at radius 3 is 2.50 bits per heavy atom. The van der Waals surface area contributed by atoms with E-state index < -0.39 is 0 Å². The first-order valence-corrected chi connectivity index (χ1v) is 6.78. The number of thiocarbonyl (C=S) groups is 1. The van der Waals surface area contributed by atoms with Gasteiger partial charge in [0, 0.05) is 17.8 Å². The van der Waals surface area contributed by atoms with Gasteiger partial charge in [0.05, 0.1) is 7.11 Å². The number of nitrogens with two attached hydrogens (primary N) is 1. The highest BCUT2D eigenvalue weighted by molar-refractivity contribution is 7.80. The molecule has 0 fully saturated rings. The summed E-state index contributed by atoms with van der Waals surface area (Å²) in [5.74, 6) is 0.855. The van der Waals surface area contributed by atoms with E-state index in [0.29, 0.717) is 11.5 Å². The fraction of sp³-hybridized carbons (Fsp3) is 0.188. The van der Waals surface area contributed by atoms with Crippen LogP contribution in [0, 0.1) is 6.92 Å². The third-order valence-electron chi connectivity index (χ3n) is 3.08. The van der Waals surface area contributed by atoms with Gasteiger partial charge in [0.25, 0.3) is 0 Å². The summed E-state index contributed by atoms with van der Waals surface area (Å²) < 4.78 is 5.14. The lowest BCUT2D eigenvalue weighted by atomic mass is 10.1. The monoisotopic (exact) mass is 286 g/mol. The van der Waals surface area contributed by atoms with Gasteiger partial charge in [-0.2, -0.15) is 0 Å². The zero-order valence-electron chi connectivity index (χ0n) is 11.6. The molecule has 20 heavy (non-hydrogen) atoms. The van der Waals surface area contributed by atoms with Gasteiger partial charge < -0.3 is 15.8 Å². The maximum absolute atomic E-state index is 5.77. The van der Waals surface area contributed by atoms with Crippen molar-refractivity contribution in [3.8, 4) is 5.75 Å². The molecule has 4 heteroatoms. The van der Waals surface area contributed by atoms with Gasteiger partial charge in [-0.15, -0.1) is 0 Å². The molecule has 0 bridgehead atoms. The number of rotatable bonds is 5. The number of anilines is 1. The summed E-state index contributed by atoms with van der Waals surface area (Å²) in [5, 5.41) is 3.37. The van der Waals surface area contributed by atoms with Crippen LogP contribution in [0.1, 0.15) is 16.7 Å². The first-order valence-electron chi connectivity index (χ1n) is 6.37. The summed E-state index contributed by atoms with van der Waals surface area (Å²) >= 11 is 5.09. The van der Waals surface area contributed by atoms with Gasteiger partial charge in [0.15, 0.2) is 0 Å². The highest BCUT2D eigenvalue weighted by atomic mass is 32.1. The maximum atomic E-state index is 5.77. The zero-order chi connectivity index (χ0) is 14.5. The molecule has 0 aromatic heterocycles. The molecule has 0 unspecified atom stereocenters. The first kappa shape index (κ1) is 14.3. The van der Waals surface area contributed by atoms with E-state index >= 15 is 0 Å². The van der Waals surface area contributed by atoms with Crippen molar-refractivity contribution >= 4 is 22.9 Å². The Hall–Kier alpha value is -2.07. The summed E-state index contributed by atoms with van der Waals surface area (Å²) in [4.78, 5) is 0.408. The van der Waals surface area contributed by atoms with Crippen LogP contribution < -0.4 is 15.8 Å². The van der Waals surface area contributed by atoms with E-state index in [-0.39, 0.29) is 0 Å². The Morgan fingerprint density at radius 2 is 1.90 bits per heavy atom. The molecule has 2 aromatic carbocycles. The van der Waals surface area contributed by atoms with Crippen LogP contribution >= 0.6 is 12.2 Å². The minimum Gasteiger partial charge on any atom is -0.497 e. The molecular formula is C16H18N2OS. The Balaban J connectivity index is 2.12. The van der Waals surface area contributed by atoms with E-state index in [2.05, 4.69) is 5.32 Å². The highest BCUT2D eigenvalue weighted by Crippen LogP contribution is 2.19. The van der Waals surface area contributed by atoms with Crippen molar-refractivity contribution in [3.63, 3.8) is 0 Å². The maximum Gasteiger partial charge on any atom is 0.118 e. The van der Waals surface area contributed by atoms with Crippen molar-refractivity contribution in [3.05, 3.63) is 59.2 Å². The number of methoxy groups -OCH3 is 1. The van der Waals surface area contributed by atoms with Gasteiger partial charge in [-0.3, -0.25) is 0 Å². The van der Waals surface area contributed by atoms with Gasteiger partial charge in [0.1, 0.15) is 10.7 Å². The third-order valence-corrected chi connectivity index (χ3v) is 3.30. The molecule has 0 aliphatic carbocycles. The van der Waals surface area contributed by atoms with Crippen molar-refractivity contribution in [1.29, 1.82) is 0 Å². The lowest BCUT2D eigenvalue weighted by Crippen LogP contribution is -2.13. The Kier molecular flexibility index (Phi) is 4.58. The van der Waals surface area contributed by atoms with Gasteiger partial charge in [-0.05, 0) is 36.8 Å².